The number of hydrogen-bond donors (Lipinski definition) is 0. The number of alkyl halides is 1. The van der Waals surface area contributed by atoms with Crippen molar-refractivity contribution in [2.75, 3.05) is 0 Å². The van der Waals surface area contributed by atoms with Gasteiger partial charge in [-0.3, -0.25) is 4.98 Å². The molecule has 0 aliphatic carbocycles. The van der Waals surface area contributed by atoms with Crippen LogP contribution in [0.4, 0.5) is 0 Å². The molecule has 0 saturated carbocycles. The minimum atomic E-state index is 0.431. The van der Waals surface area contributed by atoms with Gasteiger partial charge in [-0.1, -0.05) is 15.9 Å². The summed E-state index contributed by atoms with van der Waals surface area (Å²) < 4.78 is 6.78. The Morgan fingerprint density at radius 2 is 2.11 bits per heavy atom. The lowest BCUT2D eigenvalue weighted by Gasteiger charge is -2.10. The lowest BCUT2D eigenvalue weighted by molar-refractivity contribution is 0.303. The summed E-state index contributed by atoms with van der Waals surface area (Å²) in [4.78, 5) is 4.14. The molecule has 1 heterocycles. The van der Waals surface area contributed by atoms with Crippen LogP contribution in [0.15, 0.2) is 41.1 Å². The molecule has 4 heteroatoms. The van der Waals surface area contributed by atoms with Crippen molar-refractivity contribution in [1.29, 1.82) is 0 Å². The monoisotopic (exact) mass is 325 g/mol. The Kier molecular flexibility index (Phi) is 4.61. The van der Waals surface area contributed by atoms with Crippen LogP contribution < -0.4 is 4.74 Å². The molecule has 0 unspecified atom stereocenters. The Morgan fingerprint density at radius 1 is 1.28 bits per heavy atom. The zero-order valence-electron chi connectivity index (χ0n) is 9.99. The van der Waals surface area contributed by atoms with Crippen LogP contribution in [0.2, 0.25) is 0 Å². The largest absolute Gasteiger partial charge is 0.489 e. The van der Waals surface area contributed by atoms with E-state index in [-0.39, 0.29) is 0 Å². The number of nitrogens with zero attached hydrogens (tertiary/aromatic N) is 1. The number of benzene rings is 1. The van der Waals surface area contributed by atoms with Crippen LogP contribution in [-0.2, 0) is 12.5 Å². The van der Waals surface area contributed by atoms with Gasteiger partial charge in [0.1, 0.15) is 12.4 Å². The number of rotatable bonds is 4. The Bertz CT molecular complexity index is 545. The number of halogens is 2. The van der Waals surface area contributed by atoms with Crippen LogP contribution in [-0.4, -0.2) is 4.98 Å². The highest BCUT2D eigenvalue weighted by atomic mass is 79.9. The first-order valence-corrected chi connectivity index (χ1v) is 6.89. The maximum Gasteiger partial charge on any atom is 0.124 e. The Hall–Kier alpha value is -1.06. The fourth-order valence-corrected chi connectivity index (χ4v) is 2.27. The van der Waals surface area contributed by atoms with Crippen LogP contribution in [0, 0.1) is 6.92 Å². The van der Waals surface area contributed by atoms with Crippen LogP contribution in [0.5, 0.6) is 5.75 Å². The van der Waals surface area contributed by atoms with Gasteiger partial charge in [0.15, 0.2) is 0 Å². The molecule has 2 aromatic rings. The van der Waals surface area contributed by atoms with Gasteiger partial charge in [0.05, 0.1) is 5.88 Å². The van der Waals surface area contributed by atoms with Crippen molar-refractivity contribution in [3.63, 3.8) is 0 Å². The highest BCUT2D eigenvalue weighted by Gasteiger charge is 2.04. The zero-order chi connectivity index (χ0) is 13.0. The van der Waals surface area contributed by atoms with Crippen molar-refractivity contribution in [3.05, 3.63) is 57.8 Å². The first-order chi connectivity index (χ1) is 8.69. The summed E-state index contributed by atoms with van der Waals surface area (Å²) in [5.41, 5.74) is 3.16. The molecule has 0 aliphatic rings. The van der Waals surface area contributed by atoms with Crippen molar-refractivity contribution in [3.8, 4) is 5.75 Å². The second-order valence-electron chi connectivity index (χ2n) is 4.04. The topological polar surface area (TPSA) is 22.1 Å². The third-order valence-electron chi connectivity index (χ3n) is 2.49. The van der Waals surface area contributed by atoms with Gasteiger partial charge in [0, 0.05) is 28.0 Å². The van der Waals surface area contributed by atoms with E-state index in [2.05, 4.69) is 27.0 Å². The van der Waals surface area contributed by atoms with E-state index in [1.807, 2.05) is 37.5 Å². The normalized spacial score (nSPS) is 10.4. The minimum Gasteiger partial charge on any atom is -0.489 e. The second kappa shape index (κ2) is 6.21. The van der Waals surface area contributed by atoms with Crippen molar-refractivity contribution < 1.29 is 4.74 Å². The van der Waals surface area contributed by atoms with Crippen molar-refractivity contribution in [2.45, 2.75) is 19.4 Å². The first kappa shape index (κ1) is 13.4. The molecule has 0 bridgehead atoms. The summed E-state index contributed by atoms with van der Waals surface area (Å²) in [6, 6.07) is 7.90. The van der Waals surface area contributed by atoms with Crippen molar-refractivity contribution in [1.82, 2.24) is 4.98 Å². The van der Waals surface area contributed by atoms with Gasteiger partial charge in [-0.2, -0.15) is 0 Å². The molecule has 1 aromatic heterocycles. The smallest absolute Gasteiger partial charge is 0.124 e. The zero-order valence-corrected chi connectivity index (χ0v) is 12.3. The highest BCUT2D eigenvalue weighted by molar-refractivity contribution is 9.10. The number of aromatic nitrogens is 1. The second-order valence-corrected chi connectivity index (χ2v) is 5.23. The molecule has 1 aromatic carbocycles. The molecule has 0 atom stereocenters. The molecule has 0 aliphatic heterocycles. The van der Waals surface area contributed by atoms with E-state index in [4.69, 9.17) is 16.3 Å². The number of pyridine rings is 1. The van der Waals surface area contributed by atoms with Crippen LogP contribution in [0.1, 0.15) is 16.7 Å². The van der Waals surface area contributed by atoms with E-state index in [1.54, 1.807) is 0 Å². The van der Waals surface area contributed by atoms with E-state index in [9.17, 15) is 0 Å². The number of hydrogen-bond acceptors (Lipinski definition) is 2. The molecule has 0 fully saturated rings. The summed E-state index contributed by atoms with van der Waals surface area (Å²) in [5.74, 6) is 1.25. The number of ether oxygens (including phenoxy) is 1. The van der Waals surface area contributed by atoms with E-state index in [0.29, 0.717) is 12.5 Å². The van der Waals surface area contributed by atoms with E-state index >= 15 is 0 Å². The minimum absolute atomic E-state index is 0.431. The van der Waals surface area contributed by atoms with Gasteiger partial charge in [-0.25, -0.2) is 0 Å². The van der Waals surface area contributed by atoms with Gasteiger partial charge in [-0.15, -0.1) is 11.6 Å². The summed E-state index contributed by atoms with van der Waals surface area (Å²) in [6.45, 7) is 2.51. The van der Waals surface area contributed by atoms with E-state index in [1.165, 1.54) is 0 Å². The van der Waals surface area contributed by atoms with Crippen LogP contribution >= 0.6 is 27.5 Å². The lowest BCUT2D eigenvalue weighted by Crippen LogP contribution is -1.99. The summed E-state index contributed by atoms with van der Waals surface area (Å²) in [5, 5.41) is 0. The lowest BCUT2D eigenvalue weighted by atomic mass is 10.2. The molecular formula is C14H13BrClNO. The average Bonchev–Trinajstić information content (AvgIpc) is 2.37. The average molecular weight is 327 g/mol. The molecule has 2 nitrogen and oxygen atoms in total. The molecule has 2 rings (SSSR count). The summed E-state index contributed by atoms with van der Waals surface area (Å²) in [6.07, 6.45) is 3.64. The van der Waals surface area contributed by atoms with Gasteiger partial charge < -0.3 is 4.74 Å². The third kappa shape index (κ3) is 3.47. The quantitative estimate of drug-likeness (QED) is 0.773. The first-order valence-electron chi connectivity index (χ1n) is 5.57. The fourth-order valence-electron chi connectivity index (χ4n) is 1.65. The molecule has 0 saturated heterocycles. The summed E-state index contributed by atoms with van der Waals surface area (Å²) in [7, 11) is 0. The maximum absolute atomic E-state index is 5.90. The van der Waals surface area contributed by atoms with E-state index in [0.717, 1.165) is 26.9 Å². The van der Waals surface area contributed by atoms with Crippen molar-refractivity contribution in [2.24, 2.45) is 0 Å². The van der Waals surface area contributed by atoms with Crippen LogP contribution in [0.3, 0.4) is 0 Å². The molecule has 18 heavy (non-hydrogen) atoms. The third-order valence-corrected chi connectivity index (χ3v) is 3.27. The number of aryl methyl sites for hydroxylation is 1. The molecule has 0 amide bonds. The fraction of sp³-hybridized carbons (Fsp3) is 0.214. The Balaban J connectivity index is 2.10. The van der Waals surface area contributed by atoms with E-state index < -0.39 is 0 Å². The van der Waals surface area contributed by atoms with Gasteiger partial charge in [0.25, 0.3) is 0 Å². The van der Waals surface area contributed by atoms with Gasteiger partial charge >= 0.3 is 0 Å². The Labute approximate surface area is 120 Å². The molecule has 0 N–H and O–H groups in total. The highest BCUT2D eigenvalue weighted by Crippen LogP contribution is 2.25. The van der Waals surface area contributed by atoms with Gasteiger partial charge in [0.2, 0.25) is 0 Å². The molecule has 0 spiro atoms. The maximum atomic E-state index is 5.90. The molecule has 94 valence electrons. The molecular weight excluding hydrogens is 314 g/mol. The van der Waals surface area contributed by atoms with Crippen molar-refractivity contribution >= 4 is 27.5 Å². The predicted octanol–water partition coefficient (Wildman–Crippen LogP) is 4.47. The standard InChI is InChI=1S/C14H13BrClNO/c1-10-4-11(8-17-7-10)9-18-14-3-2-13(15)5-12(14)6-16/h2-5,7-8H,6,9H2,1H3. The summed E-state index contributed by atoms with van der Waals surface area (Å²) >= 11 is 9.32. The van der Waals surface area contributed by atoms with Crippen LogP contribution in [0.25, 0.3) is 0 Å². The Morgan fingerprint density at radius 3 is 2.83 bits per heavy atom. The van der Waals surface area contributed by atoms with Gasteiger partial charge in [-0.05, 0) is 36.8 Å². The predicted molar refractivity (Wildman–Crippen MR) is 77.0 cm³/mol. The molecule has 0 radical (unpaired) electrons. The SMILES string of the molecule is Cc1cncc(COc2ccc(Br)cc2CCl)c1.